The number of hydrogen-bond donors (Lipinski definition) is 1. The minimum absolute atomic E-state index is 0.113. The average molecular weight is 393 g/mol. The number of unbranched alkanes of at least 4 members (excludes halogenated alkanes) is 5. The largest absolute Gasteiger partial charge is 0.469 e. The van der Waals surface area contributed by atoms with E-state index >= 15 is 0 Å². The molecular weight excluding hydrogens is 355 g/mol. The predicted molar refractivity (Wildman–Crippen MR) is 111 cm³/mol. The second-order valence-electron chi connectivity index (χ2n) is 8.32. The Bertz CT molecular complexity index is 557. The summed E-state index contributed by atoms with van der Waals surface area (Å²) in [5, 5.41) is 10.4. The monoisotopic (exact) mass is 392 g/mol. The lowest BCUT2D eigenvalue weighted by molar-refractivity contribution is -0.140. The first-order chi connectivity index (χ1) is 13.6. The van der Waals surface area contributed by atoms with Gasteiger partial charge in [0.25, 0.3) is 0 Å². The molecule has 0 bridgehead atoms. The van der Waals surface area contributed by atoms with Crippen LogP contribution in [0.2, 0.25) is 0 Å². The van der Waals surface area contributed by atoms with E-state index in [1.807, 2.05) is 12.1 Å². The molecule has 158 valence electrons. The molecule has 3 nitrogen and oxygen atoms in total. The van der Waals surface area contributed by atoms with E-state index in [1.165, 1.54) is 50.5 Å². The normalized spacial score (nSPS) is 21.8. The summed E-state index contributed by atoms with van der Waals surface area (Å²) >= 11 is 0. The minimum atomic E-state index is -0.173. The summed E-state index contributed by atoms with van der Waals surface area (Å²) in [7, 11) is 1.44. The zero-order valence-electron chi connectivity index (χ0n) is 17.4. The Morgan fingerprint density at radius 1 is 1.00 bits per heavy atom. The van der Waals surface area contributed by atoms with Crippen molar-refractivity contribution in [1.29, 1.82) is 0 Å². The van der Waals surface area contributed by atoms with E-state index in [2.05, 4.69) is 4.74 Å². The van der Waals surface area contributed by atoms with Crippen molar-refractivity contribution >= 4 is 5.97 Å². The van der Waals surface area contributed by atoms with Gasteiger partial charge in [-0.25, -0.2) is 4.39 Å². The third-order valence-corrected chi connectivity index (χ3v) is 6.28. The molecule has 0 spiro atoms. The zero-order valence-corrected chi connectivity index (χ0v) is 17.4. The van der Waals surface area contributed by atoms with E-state index in [0.717, 1.165) is 51.4 Å². The van der Waals surface area contributed by atoms with Crippen LogP contribution < -0.4 is 0 Å². The number of aliphatic hydroxyl groups excluding tert-OH is 1. The molecule has 2 rings (SSSR count). The average Bonchev–Trinajstić information content (AvgIpc) is 3.05. The van der Waals surface area contributed by atoms with Gasteiger partial charge in [0.05, 0.1) is 13.2 Å². The van der Waals surface area contributed by atoms with Gasteiger partial charge >= 0.3 is 5.97 Å². The molecule has 0 aromatic heterocycles. The van der Waals surface area contributed by atoms with Gasteiger partial charge in [0.1, 0.15) is 5.82 Å². The van der Waals surface area contributed by atoms with Crippen LogP contribution in [-0.4, -0.2) is 24.3 Å². The first kappa shape index (κ1) is 22.9. The predicted octanol–water partition coefficient (Wildman–Crippen LogP) is 5.83. The van der Waals surface area contributed by atoms with Gasteiger partial charge in [0, 0.05) is 6.42 Å². The number of carbonyl (C=O) groups is 1. The van der Waals surface area contributed by atoms with Gasteiger partial charge in [-0.3, -0.25) is 4.79 Å². The van der Waals surface area contributed by atoms with E-state index in [-0.39, 0.29) is 17.9 Å². The summed E-state index contributed by atoms with van der Waals surface area (Å²) in [6.45, 7) is 0. The number of esters is 1. The molecule has 0 radical (unpaired) electrons. The quantitative estimate of drug-likeness (QED) is 0.339. The molecule has 0 aliphatic heterocycles. The smallest absolute Gasteiger partial charge is 0.305 e. The van der Waals surface area contributed by atoms with Crippen molar-refractivity contribution in [2.24, 2.45) is 11.8 Å². The highest BCUT2D eigenvalue weighted by atomic mass is 19.1. The molecule has 1 saturated carbocycles. The van der Waals surface area contributed by atoms with Gasteiger partial charge in [-0.15, -0.1) is 0 Å². The molecule has 1 N–H and O–H groups in total. The third-order valence-electron chi connectivity index (χ3n) is 6.28. The molecule has 0 saturated heterocycles. The fourth-order valence-electron chi connectivity index (χ4n) is 4.58. The first-order valence-electron chi connectivity index (χ1n) is 11.1. The van der Waals surface area contributed by atoms with Gasteiger partial charge in [0.15, 0.2) is 0 Å². The van der Waals surface area contributed by atoms with Crippen LogP contribution in [-0.2, 0) is 16.0 Å². The Morgan fingerprint density at radius 2 is 1.68 bits per heavy atom. The van der Waals surface area contributed by atoms with Crippen molar-refractivity contribution in [3.8, 4) is 0 Å². The van der Waals surface area contributed by atoms with Crippen LogP contribution in [0.25, 0.3) is 0 Å². The minimum Gasteiger partial charge on any atom is -0.469 e. The highest BCUT2D eigenvalue weighted by Crippen LogP contribution is 2.39. The summed E-state index contributed by atoms with van der Waals surface area (Å²) in [4.78, 5) is 11.1. The molecule has 4 heteroatoms. The molecule has 1 aromatic carbocycles. The molecule has 28 heavy (non-hydrogen) atoms. The van der Waals surface area contributed by atoms with E-state index in [4.69, 9.17) is 0 Å². The van der Waals surface area contributed by atoms with Gasteiger partial charge < -0.3 is 9.84 Å². The van der Waals surface area contributed by atoms with Gasteiger partial charge in [-0.2, -0.15) is 0 Å². The highest BCUT2D eigenvalue weighted by Gasteiger charge is 2.33. The molecular formula is C24H37FO3. The lowest BCUT2D eigenvalue weighted by atomic mass is 9.85. The lowest BCUT2D eigenvalue weighted by Crippen LogP contribution is -2.19. The van der Waals surface area contributed by atoms with Crippen LogP contribution in [0.1, 0.15) is 82.6 Å². The summed E-state index contributed by atoms with van der Waals surface area (Å²) in [6.07, 6.45) is 13.6. The highest BCUT2D eigenvalue weighted by molar-refractivity contribution is 5.68. The maximum absolute atomic E-state index is 12.9. The summed E-state index contributed by atoms with van der Waals surface area (Å²) in [6, 6.07) is 6.81. The summed E-state index contributed by atoms with van der Waals surface area (Å²) < 4.78 is 17.6. The number of carbonyl (C=O) groups excluding carboxylic acids is 1. The summed E-state index contributed by atoms with van der Waals surface area (Å²) in [5.74, 6) is 0.834. The SMILES string of the molecule is COC(=O)CCCCCC[C@H]1CC[C@@H](O)C1CCCCCc1ccc(F)cc1. The molecule has 3 atom stereocenters. The van der Waals surface area contributed by atoms with Crippen molar-refractivity contribution in [1.82, 2.24) is 0 Å². The van der Waals surface area contributed by atoms with Crippen LogP contribution >= 0.6 is 0 Å². The maximum Gasteiger partial charge on any atom is 0.305 e. The van der Waals surface area contributed by atoms with Crippen molar-refractivity contribution in [2.45, 2.75) is 89.6 Å². The first-order valence-corrected chi connectivity index (χ1v) is 11.1. The Kier molecular flexibility index (Phi) is 10.6. The van der Waals surface area contributed by atoms with Gasteiger partial charge in [-0.1, -0.05) is 50.7 Å². The number of methoxy groups -OCH3 is 1. The standard InChI is InChI=1S/C24H37FO3/c1-28-24(27)12-8-3-2-6-10-20-15-18-23(26)22(20)11-7-4-5-9-19-13-16-21(25)17-14-19/h13-14,16-17,20,22-23,26H,2-12,15,18H2,1H3/t20-,22?,23+/m0/s1. The molecule has 1 aliphatic carbocycles. The number of halogens is 1. The topological polar surface area (TPSA) is 46.5 Å². The van der Waals surface area contributed by atoms with Crippen molar-refractivity contribution in [3.05, 3.63) is 35.6 Å². The molecule has 0 amide bonds. The molecule has 1 fully saturated rings. The molecule has 1 aliphatic rings. The molecule has 1 aromatic rings. The number of ether oxygens (including phenoxy) is 1. The van der Waals surface area contributed by atoms with E-state index in [1.54, 1.807) is 0 Å². The number of hydrogen-bond acceptors (Lipinski definition) is 3. The fraction of sp³-hybridized carbons (Fsp3) is 0.708. The number of aryl methyl sites for hydroxylation is 1. The number of rotatable bonds is 13. The van der Waals surface area contributed by atoms with Crippen LogP contribution in [0.5, 0.6) is 0 Å². The molecule has 1 unspecified atom stereocenters. The Balaban J connectivity index is 1.56. The lowest BCUT2D eigenvalue weighted by Gasteiger charge is -2.22. The van der Waals surface area contributed by atoms with E-state index in [0.29, 0.717) is 18.3 Å². The van der Waals surface area contributed by atoms with Crippen molar-refractivity contribution in [3.63, 3.8) is 0 Å². The molecule has 0 heterocycles. The van der Waals surface area contributed by atoms with Crippen LogP contribution in [0.3, 0.4) is 0 Å². The number of aliphatic hydroxyl groups is 1. The van der Waals surface area contributed by atoms with Crippen molar-refractivity contribution in [2.75, 3.05) is 7.11 Å². The van der Waals surface area contributed by atoms with E-state index in [9.17, 15) is 14.3 Å². The number of benzene rings is 1. The van der Waals surface area contributed by atoms with Crippen molar-refractivity contribution < 1.29 is 19.0 Å². The zero-order chi connectivity index (χ0) is 20.2. The second kappa shape index (κ2) is 12.9. The Hall–Kier alpha value is -1.42. The second-order valence-corrected chi connectivity index (χ2v) is 8.32. The maximum atomic E-state index is 12.9. The van der Waals surface area contributed by atoms with Gasteiger partial charge in [0.2, 0.25) is 0 Å². The Morgan fingerprint density at radius 3 is 2.43 bits per heavy atom. The fourth-order valence-corrected chi connectivity index (χ4v) is 4.58. The van der Waals surface area contributed by atoms with E-state index < -0.39 is 0 Å². The third kappa shape index (κ3) is 8.30. The van der Waals surface area contributed by atoms with Crippen LogP contribution in [0.15, 0.2) is 24.3 Å². The van der Waals surface area contributed by atoms with Crippen LogP contribution in [0, 0.1) is 17.7 Å². The Labute approximate surface area is 169 Å². The van der Waals surface area contributed by atoms with Crippen LogP contribution in [0.4, 0.5) is 4.39 Å². The van der Waals surface area contributed by atoms with Gasteiger partial charge in [-0.05, 0) is 68.1 Å². The summed E-state index contributed by atoms with van der Waals surface area (Å²) in [5.41, 5.74) is 1.20.